The van der Waals surface area contributed by atoms with Crippen molar-refractivity contribution in [3.63, 3.8) is 0 Å². The molecule has 0 bridgehead atoms. The zero-order chi connectivity index (χ0) is 30.1. The minimum Gasteiger partial charge on any atom is -0.481 e. The quantitative estimate of drug-likeness (QED) is 0.308. The number of aromatic nitrogens is 2. The zero-order valence-corrected chi connectivity index (χ0v) is 24.6. The molecule has 0 unspecified atom stereocenters. The number of aliphatic carboxylic acids is 1. The summed E-state index contributed by atoms with van der Waals surface area (Å²) in [6.07, 6.45) is 1.27. The molecule has 0 saturated heterocycles. The Hall–Kier alpha value is -2.59. The molecule has 4 rings (SSSR count). The molecule has 41 heavy (non-hydrogen) atoms. The van der Waals surface area contributed by atoms with Crippen LogP contribution in [-0.4, -0.2) is 50.5 Å². The largest absolute Gasteiger partial charge is 0.481 e. The third kappa shape index (κ3) is 7.08. The van der Waals surface area contributed by atoms with E-state index in [0.29, 0.717) is 0 Å². The smallest absolute Gasteiger partial charge is 0.433 e. The van der Waals surface area contributed by atoms with Gasteiger partial charge in [-0.1, -0.05) is 49.4 Å². The van der Waals surface area contributed by atoms with Gasteiger partial charge in [0.05, 0.1) is 45.9 Å². The van der Waals surface area contributed by atoms with E-state index in [4.69, 9.17) is 23.2 Å². The number of rotatable bonds is 8. The van der Waals surface area contributed by atoms with Gasteiger partial charge in [0.25, 0.3) is 5.91 Å². The van der Waals surface area contributed by atoms with Gasteiger partial charge in [-0.25, -0.2) is 0 Å². The van der Waals surface area contributed by atoms with Crippen LogP contribution in [0, 0.1) is 18.3 Å². The van der Waals surface area contributed by atoms with Crippen LogP contribution < -0.4 is 0 Å². The van der Waals surface area contributed by atoms with Gasteiger partial charge in [-0.15, -0.1) is 0 Å². The minimum atomic E-state index is -4.90. The summed E-state index contributed by atoms with van der Waals surface area (Å²) in [5.74, 6) is -3.10. The van der Waals surface area contributed by atoms with E-state index in [9.17, 15) is 32.7 Å². The van der Waals surface area contributed by atoms with Crippen molar-refractivity contribution in [1.82, 2.24) is 14.7 Å². The Morgan fingerprint density at radius 1 is 1.07 bits per heavy atom. The lowest BCUT2D eigenvalue weighted by Crippen LogP contribution is -2.44. The number of carboxylic acids is 1. The molecular weight excluding hydrogens is 582 g/mol. The summed E-state index contributed by atoms with van der Waals surface area (Å²) in [4.78, 5) is 39.9. The summed E-state index contributed by atoms with van der Waals surface area (Å²) in [7, 11) is 0. The summed E-state index contributed by atoms with van der Waals surface area (Å²) in [5.41, 5.74) is -1.44. The molecule has 1 amide bonds. The number of hydrogen-bond donors (Lipinski definition) is 1. The Balaban J connectivity index is 1.69. The van der Waals surface area contributed by atoms with E-state index < -0.39 is 53.6 Å². The first kappa shape index (κ1) is 31.3. The number of benzene rings is 1. The molecule has 0 spiro atoms. The normalized spacial score (nSPS) is 21.0. The Labute approximate surface area is 247 Å². The number of carboxylic acid groups (broad SMARTS) is 1. The first-order valence-corrected chi connectivity index (χ1v) is 14.6. The molecule has 0 atom stereocenters. The molecule has 1 heterocycles. The molecule has 12 heteroatoms. The number of hydrogen-bond acceptors (Lipinski definition) is 4. The van der Waals surface area contributed by atoms with Crippen LogP contribution in [-0.2, 0) is 11.0 Å². The van der Waals surface area contributed by atoms with E-state index in [1.54, 1.807) is 19.1 Å². The monoisotopic (exact) mass is 615 g/mol. The van der Waals surface area contributed by atoms with Gasteiger partial charge in [0.1, 0.15) is 0 Å². The maximum Gasteiger partial charge on any atom is 0.433 e. The van der Waals surface area contributed by atoms with Crippen LogP contribution in [0.3, 0.4) is 0 Å². The van der Waals surface area contributed by atoms with Crippen LogP contribution in [0.1, 0.15) is 103 Å². The van der Waals surface area contributed by atoms with Crippen molar-refractivity contribution in [3.05, 3.63) is 50.8 Å². The maximum atomic E-state index is 14.5. The molecule has 7 nitrogen and oxygen atoms in total. The highest BCUT2D eigenvalue weighted by Gasteiger charge is 2.44. The highest BCUT2D eigenvalue weighted by molar-refractivity contribution is 6.40. The molecule has 2 aliphatic carbocycles. The topological polar surface area (TPSA) is 92.5 Å². The fraction of sp³-hybridized carbons (Fsp3) is 0.586. The molecule has 0 radical (unpaired) electrons. The number of ketones is 1. The Kier molecular flexibility index (Phi) is 9.43. The van der Waals surface area contributed by atoms with Crippen molar-refractivity contribution in [2.24, 2.45) is 11.3 Å². The van der Waals surface area contributed by atoms with Crippen molar-refractivity contribution >= 4 is 40.9 Å². The third-order valence-corrected chi connectivity index (χ3v) is 9.00. The third-order valence-electron chi connectivity index (χ3n) is 8.41. The molecule has 2 aromatic rings. The van der Waals surface area contributed by atoms with Gasteiger partial charge in [0.2, 0.25) is 0 Å². The predicted molar refractivity (Wildman–Crippen MR) is 148 cm³/mol. The number of aryl methyl sites for hydroxylation is 1. The first-order valence-electron chi connectivity index (χ1n) is 13.9. The second-order valence-electron chi connectivity index (χ2n) is 11.8. The lowest BCUT2D eigenvalue weighted by Gasteiger charge is -2.38. The Morgan fingerprint density at radius 3 is 2.20 bits per heavy atom. The number of alkyl halides is 3. The van der Waals surface area contributed by atoms with Crippen LogP contribution >= 0.6 is 23.2 Å². The highest BCUT2D eigenvalue weighted by atomic mass is 35.5. The van der Waals surface area contributed by atoms with Gasteiger partial charge in [-0.3, -0.25) is 19.1 Å². The lowest BCUT2D eigenvalue weighted by atomic mass is 9.75. The van der Waals surface area contributed by atoms with E-state index in [0.717, 1.165) is 48.5 Å². The molecule has 1 aromatic carbocycles. The summed E-state index contributed by atoms with van der Waals surface area (Å²) in [5, 5.41) is 13.5. The number of carbonyl (C=O) groups excluding carboxylic acids is 2. The second-order valence-corrected chi connectivity index (χ2v) is 12.6. The Bertz CT molecular complexity index is 1290. The summed E-state index contributed by atoms with van der Waals surface area (Å²) in [6.45, 7) is 3.34. The highest BCUT2D eigenvalue weighted by Crippen LogP contribution is 2.41. The average molecular weight is 617 g/mol. The van der Waals surface area contributed by atoms with Gasteiger partial charge < -0.3 is 10.0 Å². The van der Waals surface area contributed by atoms with Crippen molar-refractivity contribution in [1.29, 1.82) is 0 Å². The van der Waals surface area contributed by atoms with Crippen LogP contribution in [0.2, 0.25) is 10.0 Å². The van der Waals surface area contributed by atoms with Gasteiger partial charge >= 0.3 is 12.1 Å². The fourth-order valence-electron chi connectivity index (χ4n) is 6.26. The van der Waals surface area contributed by atoms with Gasteiger partial charge in [-0.2, -0.15) is 18.3 Å². The van der Waals surface area contributed by atoms with E-state index in [1.807, 2.05) is 6.92 Å². The molecule has 2 saturated carbocycles. The van der Waals surface area contributed by atoms with Crippen LogP contribution in [0.15, 0.2) is 18.3 Å². The van der Waals surface area contributed by atoms with Crippen molar-refractivity contribution < 1.29 is 32.7 Å². The van der Waals surface area contributed by atoms with Crippen molar-refractivity contribution in [2.75, 3.05) is 13.1 Å². The molecule has 1 aromatic heterocycles. The van der Waals surface area contributed by atoms with E-state index in [2.05, 4.69) is 5.10 Å². The van der Waals surface area contributed by atoms with Gasteiger partial charge in [0.15, 0.2) is 11.5 Å². The Morgan fingerprint density at radius 2 is 1.66 bits per heavy atom. The maximum absolute atomic E-state index is 14.5. The molecule has 0 aliphatic heterocycles. The van der Waals surface area contributed by atoms with E-state index >= 15 is 0 Å². The molecular formula is C29H34Cl2F3N3O4. The van der Waals surface area contributed by atoms with E-state index in [1.165, 1.54) is 4.90 Å². The van der Waals surface area contributed by atoms with Crippen molar-refractivity contribution in [3.8, 4) is 0 Å². The number of Topliss-reactive ketones (excluding diaryl/α,β-unsaturated/α-hetero) is 1. The van der Waals surface area contributed by atoms with Crippen LogP contribution in [0.25, 0.3) is 0 Å². The molecule has 224 valence electrons. The molecule has 2 aliphatic rings. The molecule has 1 N–H and O–H groups in total. The van der Waals surface area contributed by atoms with Crippen LogP contribution in [0.5, 0.6) is 0 Å². The first-order chi connectivity index (χ1) is 19.2. The number of halogens is 5. The lowest BCUT2D eigenvalue weighted by molar-refractivity contribution is -0.147. The van der Waals surface area contributed by atoms with E-state index in [-0.39, 0.29) is 53.3 Å². The SMILES string of the molecule is Cc1cc(Cl)c(C(=O)CN(CC2(C)CCCCC2)C(=O)c2cnn([C@H]3CC[C@H](C(=O)O)CC3)c2C(F)(F)F)c(Cl)c1. The summed E-state index contributed by atoms with van der Waals surface area (Å²) < 4.78 is 44.3. The number of nitrogens with zero attached hydrogens (tertiary/aromatic N) is 3. The standard InChI is InChI=1S/C29H34Cl2F3N3O4/c1-17-12-21(30)24(22(31)13-17)23(38)15-36(16-28(2)10-4-3-5-11-28)26(39)20-14-35-37(25(20)29(32,33)34)19-8-6-18(7-9-19)27(40)41/h12-14,18-19H,3-11,15-16H2,1-2H3,(H,40,41)/t18-,19-. The summed E-state index contributed by atoms with van der Waals surface area (Å²) >= 11 is 12.7. The van der Waals surface area contributed by atoms with Gasteiger partial charge in [-0.05, 0) is 68.6 Å². The second kappa shape index (κ2) is 12.3. The number of amides is 1. The van der Waals surface area contributed by atoms with Crippen molar-refractivity contribution in [2.45, 2.75) is 83.9 Å². The fourth-order valence-corrected chi connectivity index (χ4v) is 7.07. The van der Waals surface area contributed by atoms with Crippen LogP contribution in [0.4, 0.5) is 13.2 Å². The summed E-state index contributed by atoms with van der Waals surface area (Å²) in [6, 6.07) is 2.44. The predicted octanol–water partition coefficient (Wildman–Crippen LogP) is 7.63. The zero-order valence-electron chi connectivity index (χ0n) is 23.1. The van der Waals surface area contributed by atoms with Gasteiger partial charge in [0, 0.05) is 6.54 Å². The minimum absolute atomic E-state index is 0.0208. The number of carbonyl (C=O) groups is 3. The average Bonchev–Trinajstić information content (AvgIpc) is 3.34. The molecule has 2 fully saturated rings.